The van der Waals surface area contributed by atoms with Crippen molar-refractivity contribution in [3.63, 3.8) is 0 Å². The Hall–Kier alpha value is -2.40. The van der Waals surface area contributed by atoms with Gasteiger partial charge in [0.15, 0.2) is 5.75 Å². The Balaban J connectivity index is 2.24. The number of amides is 1. The molecule has 2 rings (SSSR count). The van der Waals surface area contributed by atoms with E-state index in [1.54, 1.807) is 18.3 Å². The van der Waals surface area contributed by atoms with E-state index in [2.05, 4.69) is 22.5 Å². The van der Waals surface area contributed by atoms with E-state index in [0.29, 0.717) is 17.3 Å². The summed E-state index contributed by atoms with van der Waals surface area (Å²) in [6.07, 6.45) is 1.71. The first-order valence-corrected chi connectivity index (χ1v) is 6.78. The van der Waals surface area contributed by atoms with Gasteiger partial charge in [0, 0.05) is 25.2 Å². The third kappa shape index (κ3) is 4.03. The molecule has 5 heteroatoms. The van der Waals surface area contributed by atoms with E-state index in [-0.39, 0.29) is 11.9 Å². The minimum absolute atomic E-state index is 0.142. The van der Waals surface area contributed by atoms with Gasteiger partial charge in [-0.05, 0) is 37.7 Å². The number of pyridine rings is 1. The van der Waals surface area contributed by atoms with Gasteiger partial charge in [-0.15, -0.1) is 0 Å². The summed E-state index contributed by atoms with van der Waals surface area (Å²) >= 11 is 0. The third-order valence-corrected chi connectivity index (χ3v) is 3.10. The van der Waals surface area contributed by atoms with Crippen molar-refractivity contribution in [3.05, 3.63) is 48.2 Å². The maximum absolute atomic E-state index is 11.2. The second kappa shape index (κ2) is 6.85. The second-order valence-corrected chi connectivity index (χ2v) is 4.72. The number of ether oxygens (including phenoxy) is 1. The van der Waals surface area contributed by atoms with E-state index in [1.807, 2.05) is 31.3 Å². The van der Waals surface area contributed by atoms with Crippen molar-refractivity contribution in [3.8, 4) is 11.6 Å². The standard InChI is InChI=1S/C16H19N3O2/c1-11(17-3)13-8-9-18-16(10-13)21-15-7-5-4-6-14(15)19-12(2)20/h4-11,17H,1-3H3,(H,19,20). The zero-order chi connectivity index (χ0) is 15.2. The minimum Gasteiger partial charge on any atom is -0.437 e. The number of para-hydroxylation sites is 2. The first-order chi connectivity index (χ1) is 10.1. The lowest BCUT2D eigenvalue weighted by Gasteiger charge is -2.13. The number of hydrogen-bond donors (Lipinski definition) is 2. The zero-order valence-electron chi connectivity index (χ0n) is 12.4. The molecule has 1 atom stereocenters. The molecule has 0 aliphatic rings. The SMILES string of the molecule is CNC(C)c1ccnc(Oc2ccccc2NC(C)=O)c1. The molecule has 1 aromatic heterocycles. The predicted octanol–water partition coefficient (Wildman–Crippen LogP) is 3.11. The van der Waals surface area contributed by atoms with Crippen LogP contribution in [0.3, 0.4) is 0 Å². The Morgan fingerprint density at radius 2 is 2.05 bits per heavy atom. The Labute approximate surface area is 124 Å². The Morgan fingerprint density at radius 3 is 2.76 bits per heavy atom. The summed E-state index contributed by atoms with van der Waals surface area (Å²) in [5.74, 6) is 0.915. The molecule has 5 nitrogen and oxygen atoms in total. The van der Waals surface area contributed by atoms with Gasteiger partial charge in [-0.2, -0.15) is 0 Å². The molecule has 0 spiro atoms. The van der Waals surface area contributed by atoms with Crippen LogP contribution in [-0.4, -0.2) is 17.9 Å². The van der Waals surface area contributed by atoms with E-state index in [0.717, 1.165) is 5.56 Å². The van der Waals surface area contributed by atoms with Gasteiger partial charge in [0.05, 0.1) is 5.69 Å². The van der Waals surface area contributed by atoms with Crippen LogP contribution in [0.5, 0.6) is 11.6 Å². The summed E-state index contributed by atoms with van der Waals surface area (Å²) in [6, 6.07) is 11.3. The summed E-state index contributed by atoms with van der Waals surface area (Å²) in [4.78, 5) is 15.4. The normalized spacial score (nSPS) is 11.8. The summed E-state index contributed by atoms with van der Waals surface area (Å²) < 4.78 is 5.79. The van der Waals surface area contributed by atoms with Crippen molar-refractivity contribution in [2.45, 2.75) is 19.9 Å². The molecular weight excluding hydrogens is 266 g/mol. The largest absolute Gasteiger partial charge is 0.437 e. The molecule has 0 fully saturated rings. The maximum atomic E-state index is 11.2. The molecule has 21 heavy (non-hydrogen) atoms. The first-order valence-electron chi connectivity index (χ1n) is 6.78. The fourth-order valence-corrected chi connectivity index (χ4v) is 1.88. The highest BCUT2D eigenvalue weighted by molar-refractivity contribution is 5.90. The van der Waals surface area contributed by atoms with Crippen LogP contribution in [0, 0.1) is 0 Å². The van der Waals surface area contributed by atoms with Gasteiger partial charge in [-0.1, -0.05) is 12.1 Å². The predicted molar refractivity (Wildman–Crippen MR) is 82.5 cm³/mol. The van der Waals surface area contributed by atoms with Gasteiger partial charge in [0.25, 0.3) is 0 Å². The van der Waals surface area contributed by atoms with E-state index in [1.165, 1.54) is 6.92 Å². The molecule has 0 radical (unpaired) electrons. The van der Waals surface area contributed by atoms with Crippen molar-refractivity contribution in [1.82, 2.24) is 10.3 Å². The molecule has 1 amide bonds. The highest BCUT2D eigenvalue weighted by Crippen LogP contribution is 2.29. The van der Waals surface area contributed by atoms with Crippen LogP contribution in [0.15, 0.2) is 42.6 Å². The molecule has 110 valence electrons. The number of nitrogens with one attached hydrogen (secondary N) is 2. The van der Waals surface area contributed by atoms with Gasteiger partial charge in [-0.25, -0.2) is 4.98 Å². The molecule has 0 aliphatic carbocycles. The van der Waals surface area contributed by atoms with Crippen molar-refractivity contribution in [2.75, 3.05) is 12.4 Å². The van der Waals surface area contributed by atoms with Gasteiger partial charge in [-0.3, -0.25) is 4.79 Å². The second-order valence-electron chi connectivity index (χ2n) is 4.72. The minimum atomic E-state index is -0.142. The lowest BCUT2D eigenvalue weighted by atomic mass is 10.1. The topological polar surface area (TPSA) is 63.3 Å². The number of hydrogen-bond acceptors (Lipinski definition) is 4. The van der Waals surface area contributed by atoms with E-state index >= 15 is 0 Å². The molecule has 0 aliphatic heterocycles. The van der Waals surface area contributed by atoms with Gasteiger partial charge in [0.2, 0.25) is 11.8 Å². The van der Waals surface area contributed by atoms with Crippen LogP contribution < -0.4 is 15.4 Å². The molecule has 2 N–H and O–H groups in total. The van der Waals surface area contributed by atoms with Crippen LogP contribution in [0.1, 0.15) is 25.5 Å². The molecular formula is C16H19N3O2. The highest BCUT2D eigenvalue weighted by atomic mass is 16.5. The maximum Gasteiger partial charge on any atom is 0.221 e. The number of carbonyl (C=O) groups is 1. The Bertz CT molecular complexity index is 628. The van der Waals surface area contributed by atoms with Crippen molar-refractivity contribution in [1.29, 1.82) is 0 Å². The molecule has 0 saturated heterocycles. The van der Waals surface area contributed by atoms with Crippen LogP contribution in [0.2, 0.25) is 0 Å². The summed E-state index contributed by atoms with van der Waals surface area (Å²) in [6.45, 7) is 3.52. The Kier molecular flexibility index (Phi) is 4.90. The lowest BCUT2D eigenvalue weighted by Crippen LogP contribution is -2.12. The van der Waals surface area contributed by atoms with Crippen LogP contribution >= 0.6 is 0 Å². The third-order valence-electron chi connectivity index (χ3n) is 3.10. The number of rotatable bonds is 5. The number of carbonyl (C=O) groups excluding carboxylic acids is 1. The fraction of sp³-hybridized carbons (Fsp3) is 0.250. The van der Waals surface area contributed by atoms with Gasteiger partial charge in [0.1, 0.15) is 0 Å². The average molecular weight is 285 g/mol. The first kappa shape index (κ1) is 15.0. The van der Waals surface area contributed by atoms with Crippen molar-refractivity contribution >= 4 is 11.6 Å². The summed E-state index contributed by atoms with van der Waals surface area (Å²) in [5.41, 5.74) is 1.71. The Morgan fingerprint density at radius 1 is 1.29 bits per heavy atom. The molecule has 0 bridgehead atoms. The number of benzene rings is 1. The van der Waals surface area contributed by atoms with E-state index in [9.17, 15) is 4.79 Å². The van der Waals surface area contributed by atoms with Gasteiger partial charge >= 0.3 is 0 Å². The number of aromatic nitrogens is 1. The lowest BCUT2D eigenvalue weighted by molar-refractivity contribution is -0.114. The molecule has 1 aromatic carbocycles. The van der Waals surface area contributed by atoms with E-state index in [4.69, 9.17) is 4.74 Å². The van der Waals surface area contributed by atoms with Gasteiger partial charge < -0.3 is 15.4 Å². The molecule has 1 heterocycles. The smallest absolute Gasteiger partial charge is 0.221 e. The van der Waals surface area contributed by atoms with Crippen LogP contribution in [0.25, 0.3) is 0 Å². The number of nitrogens with zero attached hydrogens (tertiary/aromatic N) is 1. The van der Waals surface area contributed by atoms with Crippen LogP contribution in [0.4, 0.5) is 5.69 Å². The monoisotopic (exact) mass is 285 g/mol. The fourth-order valence-electron chi connectivity index (χ4n) is 1.88. The molecule has 2 aromatic rings. The summed E-state index contributed by atoms with van der Waals surface area (Å²) in [5, 5.41) is 5.91. The van der Waals surface area contributed by atoms with Crippen LogP contribution in [-0.2, 0) is 4.79 Å². The average Bonchev–Trinajstić information content (AvgIpc) is 2.48. The summed E-state index contributed by atoms with van der Waals surface area (Å²) in [7, 11) is 1.90. The molecule has 0 saturated carbocycles. The zero-order valence-corrected chi connectivity index (χ0v) is 12.4. The van der Waals surface area contributed by atoms with Crippen molar-refractivity contribution < 1.29 is 9.53 Å². The number of anilines is 1. The van der Waals surface area contributed by atoms with Crippen molar-refractivity contribution in [2.24, 2.45) is 0 Å². The quantitative estimate of drug-likeness (QED) is 0.886. The highest BCUT2D eigenvalue weighted by Gasteiger charge is 2.08. The van der Waals surface area contributed by atoms with E-state index < -0.39 is 0 Å². The molecule has 1 unspecified atom stereocenters.